The van der Waals surface area contributed by atoms with Crippen molar-refractivity contribution < 1.29 is 18.9 Å². The molecule has 0 atom stereocenters. The molecule has 0 unspecified atom stereocenters. The molecule has 0 spiro atoms. The molecule has 0 fully saturated rings. The van der Waals surface area contributed by atoms with Gasteiger partial charge in [-0.1, -0.05) is 19.1 Å². The van der Waals surface area contributed by atoms with Gasteiger partial charge in [-0.3, -0.25) is 19.7 Å². The number of furan rings is 1. The zero-order chi connectivity index (χ0) is 22.4. The van der Waals surface area contributed by atoms with Crippen LogP contribution in [0.3, 0.4) is 0 Å². The molecular weight excluding hydrogens is 420 g/mol. The number of thiocarbonyl (C=S) groups is 1. The van der Waals surface area contributed by atoms with Gasteiger partial charge in [-0.05, 0) is 48.6 Å². The van der Waals surface area contributed by atoms with E-state index in [1.807, 2.05) is 0 Å². The third-order valence-corrected chi connectivity index (χ3v) is 4.35. The van der Waals surface area contributed by atoms with Gasteiger partial charge in [-0.15, -0.1) is 0 Å². The number of nitro benzene ring substituents is 1. The summed E-state index contributed by atoms with van der Waals surface area (Å²) >= 11 is 5.05. The van der Waals surface area contributed by atoms with Gasteiger partial charge in [0.25, 0.3) is 11.6 Å². The molecule has 10 heteroatoms. The summed E-state index contributed by atoms with van der Waals surface area (Å²) in [5.41, 5.74) is 1.59. The van der Waals surface area contributed by atoms with E-state index in [9.17, 15) is 19.7 Å². The number of nitrogens with zero attached hydrogens (tertiary/aromatic N) is 1. The summed E-state index contributed by atoms with van der Waals surface area (Å²) < 4.78 is 5.56. The van der Waals surface area contributed by atoms with Crippen molar-refractivity contribution in [1.82, 2.24) is 5.32 Å². The molecule has 0 radical (unpaired) electrons. The summed E-state index contributed by atoms with van der Waals surface area (Å²) in [6.07, 6.45) is 0.322. The molecule has 2 aromatic carbocycles. The number of carbonyl (C=O) groups is 2. The molecule has 0 aliphatic heterocycles. The summed E-state index contributed by atoms with van der Waals surface area (Å²) in [6, 6.07) is 15.7. The molecule has 0 aliphatic rings. The Labute approximate surface area is 182 Å². The minimum Gasteiger partial charge on any atom is -0.451 e. The van der Waals surface area contributed by atoms with Crippen LogP contribution >= 0.6 is 12.2 Å². The van der Waals surface area contributed by atoms with Crippen LogP contribution in [0.5, 0.6) is 0 Å². The Hall–Kier alpha value is -4.05. The molecule has 2 amide bonds. The highest BCUT2D eigenvalue weighted by Crippen LogP contribution is 2.26. The van der Waals surface area contributed by atoms with E-state index >= 15 is 0 Å². The highest BCUT2D eigenvalue weighted by molar-refractivity contribution is 7.80. The van der Waals surface area contributed by atoms with Crippen LogP contribution in [0.4, 0.5) is 17.1 Å². The zero-order valence-electron chi connectivity index (χ0n) is 16.4. The maximum atomic E-state index is 12.5. The Morgan fingerprint density at radius 3 is 2.35 bits per heavy atom. The van der Waals surface area contributed by atoms with Gasteiger partial charge in [0.2, 0.25) is 5.91 Å². The van der Waals surface area contributed by atoms with Crippen LogP contribution in [0.2, 0.25) is 0 Å². The number of anilines is 2. The quantitative estimate of drug-likeness (QED) is 0.297. The van der Waals surface area contributed by atoms with E-state index in [4.69, 9.17) is 16.6 Å². The number of carbonyl (C=O) groups excluding carboxylic acids is 2. The number of rotatable bonds is 6. The van der Waals surface area contributed by atoms with Crippen LogP contribution in [0.1, 0.15) is 23.9 Å². The molecular formula is C21H18N4O5S. The lowest BCUT2D eigenvalue weighted by Crippen LogP contribution is -2.33. The van der Waals surface area contributed by atoms with E-state index in [2.05, 4.69) is 16.0 Å². The molecule has 3 N–H and O–H groups in total. The second kappa shape index (κ2) is 9.63. The van der Waals surface area contributed by atoms with Crippen molar-refractivity contribution in [1.29, 1.82) is 0 Å². The first kappa shape index (κ1) is 21.7. The average Bonchev–Trinajstić information content (AvgIpc) is 3.25. The van der Waals surface area contributed by atoms with Crippen LogP contribution in [-0.4, -0.2) is 21.9 Å². The zero-order valence-corrected chi connectivity index (χ0v) is 17.2. The molecule has 0 bridgehead atoms. The van der Waals surface area contributed by atoms with Gasteiger partial charge in [-0.25, -0.2) is 0 Å². The van der Waals surface area contributed by atoms with Crippen molar-refractivity contribution >= 4 is 46.2 Å². The molecule has 158 valence electrons. The van der Waals surface area contributed by atoms with E-state index in [0.717, 1.165) is 0 Å². The van der Waals surface area contributed by atoms with Crippen LogP contribution in [0.15, 0.2) is 65.1 Å². The molecule has 1 aromatic heterocycles. The standard InChI is InChI=1S/C21H18N4O5S/c1-2-19(26)24-21(31)23-15-8-6-14(7-9-15)22-20(27)18-11-10-17(30-18)13-4-3-5-16(12-13)25(28)29/h3-12H,2H2,1H3,(H,22,27)(H2,23,24,26,31). The average molecular weight is 438 g/mol. The minimum absolute atomic E-state index is 0.0622. The van der Waals surface area contributed by atoms with E-state index < -0.39 is 10.8 Å². The Morgan fingerprint density at radius 2 is 1.71 bits per heavy atom. The molecule has 0 saturated heterocycles. The van der Waals surface area contributed by atoms with Gasteiger partial charge in [0.05, 0.1) is 4.92 Å². The number of hydrogen-bond donors (Lipinski definition) is 3. The molecule has 0 aliphatic carbocycles. The molecule has 0 saturated carbocycles. The van der Waals surface area contributed by atoms with Crippen molar-refractivity contribution in [3.8, 4) is 11.3 Å². The summed E-state index contributed by atoms with van der Waals surface area (Å²) in [5.74, 6) is -0.254. The van der Waals surface area contributed by atoms with Gasteiger partial charge < -0.3 is 20.4 Å². The van der Waals surface area contributed by atoms with Gasteiger partial charge >= 0.3 is 0 Å². The SMILES string of the molecule is CCC(=O)NC(=S)Nc1ccc(NC(=O)c2ccc(-c3cccc([N+](=O)[O-])c3)o2)cc1. The predicted molar refractivity (Wildman–Crippen MR) is 120 cm³/mol. The Kier molecular flexibility index (Phi) is 6.73. The van der Waals surface area contributed by atoms with Crippen LogP contribution in [0, 0.1) is 10.1 Å². The van der Waals surface area contributed by atoms with E-state index in [1.165, 1.54) is 18.2 Å². The fourth-order valence-electron chi connectivity index (χ4n) is 2.59. The van der Waals surface area contributed by atoms with Crippen molar-refractivity contribution in [2.75, 3.05) is 10.6 Å². The fourth-order valence-corrected chi connectivity index (χ4v) is 2.83. The second-order valence-corrected chi connectivity index (χ2v) is 6.77. The highest BCUT2D eigenvalue weighted by atomic mass is 32.1. The molecule has 3 rings (SSSR count). The van der Waals surface area contributed by atoms with E-state index in [0.29, 0.717) is 29.1 Å². The minimum atomic E-state index is -0.497. The van der Waals surface area contributed by atoms with Crippen molar-refractivity contribution in [3.63, 3.8) is 0 Å². The summed E-state index contributed by atoms with van der Waals surface area (Å²) in [5, 5.41) is 19.2. The van der Waals surface area contributed by atoms with Crippen molar-refractivity contribution in [3.05, 3.63) is 76.5 Å². The monoisotopic (exact) mass is 438 g/mol. The topological polar surface area (TPSA) is 127 Å². The predicted octanol–water partition coefficient (Wildman–Crippen LogP) is 4.33. The Morgan fingerprint density at radius 1 is 1.03 bits per heavy atom. The smallest absolute Gasteiger partial charge is 0.291 e. The van der Waals surface area contributed by atoms with Gasteiger partial charge in [0.1, 0.15) is 5.76 Å². The van der Waals surface area contributed by atoms with E-state index in [-0.39, 0.29) is 22.5 Å². The van der Waals surface area contributed by atoms with Crippen molar-refractivity contribution in [2.45, 2.75) is 13.3 Å². The maximum Gasteiger partial charge on any atom is 0.291 e. The number of hydrogen-bond acceptors (Lipinski definition) is 6. The van der Waals surface area contributed by atoms with Crippen LogP contribution in [0.25, 0.3) is 11.3 Å². The number of benzene rings is 2. The summed E-state index contributed by atoms with van der Waals surface area (Å²) in [4.78, 5) is 34.2. The molecule has 31 heavy (non-hydrogen) atoms. The first-order valence-corrected chi connectivity index (χ1v) is 9.63. The third-order valence-electron chi connectivity index (χ3n) is 4.15. The number of nitro groups is 1. The largest absolute Gasteiger partial charge is 0.451 e. The summed E-state index contributed by atoms with van der Waals surface area (Å²) in [7, 11) is 0. The third kappa shape index (κ3) is 5.73. The fraction of sp³-hybridized carbons (Fsp3) is 0.0952. The normalized spacial score (nSPS) is 10.2. The maximum absolute atomic E-state index is 12.5. The lowest BCUT2D eigenvalue weighted by molar-refractivity contribution is -0.384. The Balaban J connectivity index is 1.63. The number of non-ortho nitro benzene ring substituents is 1. The Bertz CT molecular complexity index is 1140. The lowest BCUT2D eigenvalue weighted by Gasteiger charge is -2.09. The molecule has 9 nitrogen and oxygen atoms in total. The summed E-state index contributed by atoms with van der Waals surface area (Å²) in [6.45, 7) is 1.72. The lowest BCUT2D eigenvalue weighted by atomic mass is 10.1. The molecule has 3 aromatic rings. The van der Waals surface area contributed by atoms with Gasteiger partial charge in [0.15, 0.2) is 10.9 Å². The van der Waals surface area contributed by atoms with Crippen LogP contribution in [-0.2, 0) is 4.79 Å². The van der Waals surface area contributed by atoms with E-state index in [1.54, 1.807) is 49.4 Å². The van der Waals surface area contributed by atoms with Gasteiger partial charge in [-0.2, -0.15) is 0 Å². The molecule has 1 heterocycles. The van der Waals surface area contributed by atoms with Crippen molar-refractivity contribution in [2.24, 2.45) is 0 Å². The first-order valence-electron chi connectivity index (χ1n) is 9.22. The van der Waals surface area contributed by atoms with Crippen LogP contribution < -0.4 is 16.0 Å². The van der Waals surface area contributed by atoms with Gasteiger partial charge in [0, 0.05) is 35.5 Å². The number of nitrogens with one attached hydrogen (secondary N) is 3. The second-order valence-electron chi connectivity index (χ2n) is 6.36. The number of amides is 2. The highest BCUT2D eigenvalue weighted by Gasteiger charge is 2.14. The first-order chi connectivity index (χ1) is 14.9.